The topological polar surface area (TPSA) is 64.2 Å². The third-order valence-electron chi connectivity index (χ3n) is 3.35. The fourth-order valence-corrected chi connectivity index (χ4v) is 2.17. The summed E-state index contributed by atoms with van der Waals surface area (Å²) in [7, 11) is 1.33. The third-order valence-corrected chi connectivity index (χ3v) is 3.35. The number of aryl methyl sites for hydroxylation is 1. The van der Waals surface area contributed by atoms with Crippen LogP contribution >= 0.6 is 0 Å². The Kier molecular flexibility index (Phi) is 3.78. The van der Waals surface area contributed by atoms with E-state index in [2.05, 4.69) is 20.8 Å². The number of aromatic nitrogens is 2. The predicted octanol–water partition coefficient (Wildman–Crippen LogP) is 3.09. The van der Waals surface area contributed by atoms with Gasteiger partial charge in [0.1, 0.15) is 11.6 Å². The number of esters is 1. The average molecular weight is 296 g/mol. The van der Waals surface area contributed by atoms with Crippen molar-refractivity contribution in [1.82, 2.24) is 9.97 Å². The van der Waals surface area contributed by atoms with Gasteiger partial charge in [-0.2, -0.15) is 0 Å². The number of fused-ring (bicyclic) bond motifs is 1. The van der Waals surface area contributed by atoms with E-state index in [0.29, 0.717) is 5.75 Å². The van der Waals surface area contributed by atoms with Crippen molar-refractivity contribution in [3.05, 3.63) is 48.0 Å². The molecule has 3 rings (SSSR count). The summed E-state index contributed by atoms with van der Waals surface area (Å²) >= 11 is 0. The number of hydrogen-bond acceptors (Lipinski definition) is 4. The molecule has 112 valence electrons. The second-order valence-corrected chi connectivity index (χ2v) is 5.00. The molecule has 0 amide bonds. The summed E-state index contributed by atoms with van der Waals surface area (Å²) in [4.78, 5) is 18.9. The highest BCUT2D eigenvalue weighted by Crippen LogP contribution is 2.23. The molecule has 1 N–H and O–H groups in total. The van der Waals surface area contributed by atoms with Crippen molar-refractivity contribution in [3.8, 4) is 17.1 Å². The standard InChI is InChI=1S/C17H16N2O3/c1-11-3-8-14-15(9-11)19-17(18-14)12-4-6-13(7-5-12)22-10-16(20)21-2/h3-9H,10H2,1-2H3,(H,18,19). The lowest BCUT2D eigenvalue weighted by atomic mass is 10.2. The van der Waals surface area contributed by atoms with Crippen LogP contribution in [-0.2, 0) is 9.53 Å². The van der Waals surface area contributed by atoms with Crippen LogP contribution in [0.25, 0.3) is 22.4 Å². The van der Waals surface area contributed by atoms with Gasteiger partial charge in [-0.3, -0.25) is 0 Å². The molecule has 0 atom stereocenters. The summed E-state index contributed by atoms with van der Waals surface area (Å²) in [6.07, 6.45) is 0. The van der Waals surface area contributed by atoms with Crippen LogP contribution in [0.3, 0.4) is 0 Å². The molecule has 0 aliphatic rings. The quantitative estimate of drug-likeness (QED) is 0.751. The minimum absolute atomic E-state index is 0.0975. The molecule has 1 heterocycles. The lowest BCUT2D eigenvalue weighted by molar-refractivity contribution is -0.142. The maximum atomic E-state index is 11.0. The number of aromatic amines is 1. The molecule has 5 heteroatoms. The predicted molar refractivity (Wildman–Crippen MR) is 83.8 cm³/mol. The van der Waals surface area contributed by atoms with E-state index in [0.717, 1.165) is 22.4 Å². The highest BCUT2D eigenvalue weighted by Gasteiger charge is 2.06. The SMILES string of the molecule is COC(=O)COc1ccc(-c2nc3ccc(C)cc3[nH]2)cc1. The summed E-state index contributed by atoms with van der Waals surface area (Å²) in [5, 5.41) is 0. The van der Waals surface area contributed by atoms with Crippen molar-refractivity contribution in [2.45, 2.75) is 6.92 Å². The number of carbonyl (C=O) groups is 1. The zero-order valence-electron chi connectivity index (χ0n) is 12.4. The largest absolute Gasteiger partial charge is 0.482 e. The lowest BCUT2D eigenvalue weighted by Gasteiger charge is -2.05. The number of imidazole rings is 1. The number of benzene rings is 2. The molecule has 5 nitrogen and oxygen atoms in total. The van der Waals surface area contributed by atoms with E-state index in [1.165, 1.54) is 12.7 Å². The zero-order valence-corrected chi connectivity index (χ0v) is 12.4. The average Bonchev–Trinajstić information content (AvgIpc) is 2.96. The van der Waals surface area contributed by atoms with E-state index in [1.807, 2.05) is 31.2 Å². The van der Waals surface area contributed by atoms with Crippen molar-refractivity contribution < 1.29 is 14.3 Å². The van der Waals surface area contributed by atoms with Gasteiger partial charge < -0.3 is 14.5 Å². The van der Waals surface area contributed by atoms with Crippen LogP contribution in [0, 0.1) is 6.92 Å². The van der Waals surface area contributed by atoms with E-state index in [1.54, 1.807) is 12.1 Å². The molecule has 0 saturated carbocycles. The van der Waals surface area contributed by atoms with Crippen LogP contribution in [0.4, 0.5) is 0 Å². The van der Waals surface area contributed by atoms with Crippen LogP contribution in [0.1, 0.15) is 5.56 Å². The monoisotopic (exact) mass is 296 g/mol. The van der Waals surface area contributed by atoms with Crippen molar-refractivity contribution in [1.29, 1.82) is 0 Å². The second kappa shape index (κ2) is 5.89. The molecule has 1 aromatic heterocycles. The molecule has 0 spiro atoms. The van der Waals surface area contributed by atoms with Gasteiger partial charge in [-0.05, 0) is 48.9 Å². The Morgan fingerprint density at radius 3 is 2.68 bits per heavy atom. The number of carbonyl (C=O) groups excluding carboxylic acids is 1. The van der Waals surface area contributed by atoms with E-state index >= 15 is 0 Å². The number of rotatable bonds is 4. The minimum atomic E-state index is -0.406. The van der Waals surface area contributed by atoms with Gasteiger partial charge >= 0.3 is 5.97 Å². The molecule has 0 radical (unpaired) electrons. The van der Waals surface area contributed by atoms with Crippen LogP contribution in [0.15, 0.2) is 42.5 Å². The summed E-state index contributed by atoms with van der Waals surface area (Å²) in [6.45, 7) is 1.95. The summed E-state index contributed by atoms with van der Waals surface area (Å²) in [6, 6.07) is 13.5. The van der Waals surface area contributed by atoms with Crippen molar-refractivity contribution >= 4 is 17.0 Å². The Bertz CT molecular complexity index is 806. The van der Waals surface area contributed by atoms with Gasteiger partial charge in [0.05, 0.1) is 18.1 Å². The van der Waals surface area contributed by atoms with E-state index in [4.69, 9.17) is 4.74 Å². The number of methoxy groups -OCH3 is 1. The molecule has 0 unspecified atom stereocenters. The highest BCUT2D eigenvalue weighted by molar-refractivity contribution is 5.80. The minimum Gasteiger partial charge on any atom is -0.482 e. The van der Waals surface area contributed by atoms with E-state index in [9.17, 15) is 4.79 Å². The molecule has 0 fully saturated rings. The van der Waals surface area contributed by atoms with Gasteiger partial charge in [0.15, 0.2) is 6.61 Å². The molecule has 3 aromatic rings. The molecule has 0 aliphatic carbocycles. The lowest BCUT2D eigenvalue weighted by Crippen LogP contribution is -2.12. The van der Waals surface area contributed by atoms with Gasteiger partial charge in [-0.15, -0.1) is 0 Å². The first-order valence-electron chi connectivity index (χ1n) is 6.92. The van der Waals surface area contributed by atoms with Crippen molar-refractivity contribution in [3.63, 3.8) is 0 Å². The van der Waals surface area contributed by atoms with Crippen LogP contribution in [0.2, 0.25) is 0 Å². The Labute approximate surface area is 127 Å². The first-order chi connectivity index (χ1) is 10.7. The molecular weight excluding hydrogens is 280 g/mol. The van der Waals surface area contributed by atoms with Crippen LogP contribution in [0.5, 0.6) is 5.75 Å². The molecule has 0 aliphatic heterocycles. The van der Waals surface area contributed by atoms with Crippen LogP contribution in [-0.4, -0.2) is 29.7 Å². The van der Waals surface area contributed by atoms with Gasteiger partial charge in [0, 0.05) is 5.56 Å². The van der Waals surface area contributed by atoms with Gasteiger partial charge in [-0.25, -0.2) is 9.78 Å². The van der Waals surface area contributed by atoms with Crippen molar-refractivity contribution in [2.24, 2.45) is 0 Å². The van der Waals surface area contributed by atoms with E-state index in [-0.39, 0.29) is 6.61 Å². The Morgan fingerprint density at radius 2 is 1.95 bits per heavy atom. The number of ether oxygens (including phenoxy) is 2. The first-order valence-corrected chi connectivity index (χ1v) is 6.92. The molecule has 0 saturated heterocycles. The summed E-state index contributed by atoms with van der Waals surface area (Å²) in [5.41, 5.74) is 4.10. The Balaban J connectivity index is 1.80. The molecular formula is C17H16N2O3. The fraction of sp³-hybridized carbons (Fsp3) is 0.176. The molecule has 0 bridgehead atoms. The van der Waals surface area contributed by atoms with Gasteiger partial charge in [0.2, 0.25) is 0 Å². The van der Waals surface area contributed by atoms with Gasteiger partial charge in [-0.1, -0.05) is 6.07 Å². The molecule has 22 heavy (non-hydrogen) atoms. The van der Waals surface area contributed by atoms with Gasteiger partial charge in [0.25, 0.3) is 0 Å². The molecule has 2 aromatic carbocycles. The van der Waals surface area contributed by atoms with Crippen molar-refractivity contribution in [2.75, 3.05) is 13.7 Å². The zero-order chi connectivity index (χ0) is 15.5. The maximum absolute atomic E-state index is 11.0. The third kappa shape index (κ3) is 2.93. The number of H-pyrrole nitrogens is 1. The second-order valence-electron chi connectivity index (χ2n) is 5.00. The Hall–Kier alpha value is -2.82. The first kappa shape index (κ1) is 14.1. The number of hydrogen-bond donors (Lipinski definition) is 1. The van der Waals surface area contributed by atoms with E-state index < -0.39 is 5.97 Å². The fourth-order valence-electron chi connectivity index (χ4n) is 2.17. The summed E-state index contributed by atoms with van der Waals surface area (Å²) < 4.78 is 9.85. The van der Waals surface area contributed by atoms with Crippen LogP contribution < -0.4 is 4.74 Å². The smallest absolute Gasteiger partial charge is 0.343 e. The summed E-state index contributed by atoms with van der Waals surface area (Å²) in [5.74, 6) is 1.01. The Morgan fingerprint density at radius 1 is 1.18 bits per heavy atom. The normalized spacial score (nSPS) is 10.6. The number of nitrogens with zero attached hydrogens (tertiary/aromatic N) is 1. The maximum Gasteiger partial charge on any atom is 0.343 e. The number of nitrogens with one attached hydrogen (secondary N) is 1. The highest BCUT2D eigenvalue weighted by atomic mass is 16.6.